The van der Waals surface area contributed by atoms with E-state index in [4.69, 9.17) is 9.47 Å². The molecular weight excluding hydrogens is 356 g/mol. The average Bonchev–Trinajstić information content (AvgIpc) is 3.52. The summed E-state index contributed by atoms with van der Waals surface area (Å²) in [4.78, 5) is 25.9. The van der Waals surface area contributed by atoms with Crippen LogP contribution in [0.3, 0.4) is 0 Å². The molecule has 1 N–H and O–H groups in total. The maximum atomic E-state index is 12.3. The van der Waals surface area contributed by atoms with Gasteiger partial charge in [0.2, 0.25) is 11.8 Å². The fourth-order valence-corrected chi connectivity index (χ4v) is 3.21. The van der Waals surface area contributed by atoms with Gasteiger partial charge in [-0.3, -0.25) is 9.59 Å². The molecule has 6 heteroatoms. The van der Waals surface area contributed by atoms with Crippen molar-refractivity contribution >= 4 is 23.2 Å². The van der Waals surface area contributed by atoms with Crippen molar-refractivity contribution in [2.24, 2.45) is 0 Å². The van der Waals surface area contributed by atoms with Crippen LogP contribution in [0.4, 0.5) is 11.4 Å². The molecular formula is C22H26N2O4. The number of anilines is 2. The van der Waals surface area contributed by atoms with Crippen molar-refractivity contribution in [3.63, 3.8) is 0 Å². The molecule has 0 bridgehead atoms. The molecule has 1 aliphatic rings. The summed E-state index contributed by atoms with van der Waals surface area (Å²) in [6.07, 6.45) is 3.06. The number of nitrogens with one attached hydrogen (secondary N) is 1. The quantitative estimate of drug-likeness (QED) is 0.754. The van der Waals surface area contributed by atoms with E-state index in [2.05, 4.69) is 5.32 Å². The number of rotatable bonds is 8. The van der Waals surface area contributed by atoms with Crippen molar-refractivity contribution in [2.75, 3.05) is 24.4 Å². The molecule has 2 amide bonds. The van der Waals surface area contributed by atoms with Crippen molar-refractivity contribution in [3.05, 3.63) is 48.0 Å². The molecule has 1 aliphatic carbocycles. The summed E-state index contributed by atoms with van der Waals surface area (Å²) >= 11 is 0. The summed E-state index contributed by atoms with van der Waals surface area (Å²) in [5.41, 5.74) is 2.60. The summed E-state index contributed by atoms with van der Waals surface area (Å²) < 4.78 is 10.5. The zero-order chi connectivity index (χ0) is 20.1. The SMILES string of the molecule is COc1ccc(CCC(=O)Nc2ccc(N(C(C)=O)C3CC3)cc2)cc1OC. The molecule has 0 spiro atoms. The molecule has 3 rings (SSSR count). The minimum absolute atomic E-state index is 0.0502. The summed E-state index contributed by atoms with van der Waals surface area (Å²) in [6.45, 7) is 1.59. The molecule has 0 heterocycles. The first-order valence-electron chi connectivity index (χ1n) is 9.42. The van der Waals surface area contributed by atoms with Crippen molar-refractivity contribution in [1.82, 2.24) is 0 Å². The number of amides is 2. The van der Waals surface area contributed by atoms with Gasteiger partial charge >= 0.3 is 0 Å². The lowest BCUT2D eigenvalue weighted by molar-refractivity contribution is -0.117. The fourth-order valence-electron chi connectivity index (χ4n) is 3.21. The first-order chi connectivity index (χ1) is 13.5. The number of nitrogens with zero attached hydrogens (tertiary/aromatic N) is 1. The van der Waals surface area contributed by atoms with Crippen LogP contribution in [-0.2, 0) is 16.0 Å². The van der Waals surface area contributed by atoms with E-state index in [1.54, 1.807) is 21.1 Å². The summed E-state index contributed by atoms with van der Waals surface area (Å²) in [5, 5.41) is 2.91. The molecule has 0 radical (unpaired) electrons. The summed E-state index contributed by atoms with van der Waals surface area (Å²) in [5.74, 6) is 1.31. The zero-order valence-corrected chi connectivity index (χ0v) is 16.5. The Hall–Kier alpha value is -3.02. The molecule has 1 fully saturated rings. The Labute approximate surface area is 165 Å². The molecule has 6 nitrogen and oxygen atoms in total. The Morgan fingerprint density at radius 2 is 1.71 bits per heavy atom. The highest BCUT2D eigenvalue weighted by atomic mass is 16.5. The Morgan fingerprint density at radius 3 is 2.29 bits per heavy atom. The minimum Gasteiger partial charge on any atom is -0.493 e. The van der Waals surface area contributed by atoms with Gasteiger partial charge < -0.3 is 19.7 Å². The Bertz CT molecular complexity index is 844. The van der Waals surface area contributed by atoms with E-state index >= 15 is 0 Å². The average molecular weight is 382 g/mol. The van der Waals surface area contributed by atoms with Gasteiger partial charge in [-0.15, -0.1) is 0 Å². The van der Waals surface area contributed by atoms with Gasteiger partial charge in [0.1, 0.15) is 0 Å². The van der Waals surface area contributed by atoms with Crippen LogP contribution in [-0.4, -0.2) is 32.1 Å². The van der Waals surface area contributed by atoms with Crippen LogP contribution in [0.15, 0.2) is 42.5 Å². The Kier molecular flexibility index (Phi) is 6.19. The standard InChI is InChI=1S/C22H26N2O4/c1-15(25)24(19-10-11-19)18-8-6-17(7-9-18)23-22(26)13-5-16-4-12-20(27-2)21(14-16)28-3/h4,6-9,12,14,19H,5,10-11,13H2,1-3H3,(H,23,26). The van der Waals surface area contributed by atoms with Crippen molar-refractivity contribution in [3.8, 4) is 11.5 Å². The number of carbonyl (C=O) groups is 2. The molecule has 0 aliphatic heterocycles. The van der Waals surface area contributed by atoms with Crippen molar-refractivity contribution < 1.29 is 19.1 Å². The van der Waals surface area contributed by atoms with E-state index in [0.717, 1.165) is 29.8 Å². The number of carbonyl (C=O) groups excluding carboxylic acids is 2. The van der Waals surface area contributed by atoms with Gasteiger partial charge in [-0.1, -0.05) is 6.07 Å². The molecule has 1 saturated carbocycles. The van der Waals surface area contributed by atoms with Gasteiger partial charge in [0.15, 0.2) is 11.5 Å². The third-order valence-electron chi connectivity index (χ3n) is 4.77. The lowest BCUT2D eigenvalue weighted by Gasteiger charge is -2.21. The molecule has 0 atom stereocenters. The van der Waals surface area contributed by atoms with E-state index < -0.39 is 0 Å². The van der Waals surface area contributed by atoms with Gasteiger partial charge in [0, 0.05) is 30.8 Å². The molecule has 148 valence electrons. The first kappa shape index (κ1) is 19.7. The molecule has 2 aromatic carbocycles. The second kappa shape index (κ2) is 8.78. The largest absolute Gasteiger partial charge is 0.493 e. The second-order valence-electron chi connectivity index (χ2n) is 6.90. The van der Waals surface area contributed by atoms with Gasteiger partial charge in [-0.2, -0.15) is 0 Å². The molecule has 28 heavy (non-hydrogen) atoms. The number of methoxy groups -OCH3 is 2. The van der Waals surface area contributed by atoms with Crippen molar-refractivity contribution in [1.29, 1.82) is 0 Å². The molecule has 0 saturated heterocycles. The lowest BCUT2D eigenvalue weighted by Crippen LogP contribution is -2.30. The topological polar surface area (TPSA) is 67.9 Å². The number of hydrogen-bond acceptors (Lipinski definition) is 4. The normalized spacial score (nSPS) is 13.0. The van der Waals surface area contributed by atoms with Crippen LogP contribution in [0.2, 0.25) is 0 Å². The highest BCUT2D eigenvalue weighted by Crippen LogP contribution is 2.32. The van der Waals surface area contributed by atoms with Crippen LogP contribution in [0.5, 0.6) is 11.5 Å². The van der Waals surface area contributed by atoms with Crippen molar-refractivity contribution in [2.45, 2.75) is 38.6 Å². The maximum absolute atomic E-state index is 12.3. The highest BCUT2D eigenvalue weighted by molar-refractivity contribution is 5.94. The zero-order valence-electron chi connectivity index (χ0n) is 16.5. The first-order valence-corrected chi connectivity index (χ1v) is 9.42. The van der Waals surface area contributed by atoms with E-state index in [1.165, 1.54) is 0 Å². The number of hydrogen-bond donors (Lipinski definition) is 1. The smallest absolute Gasteiger partial charge is 0.224 e. The van der Waals surface area contributed by atoms with Gasteiger partial charge in [-0.05, 0) is 61.2 Å². The molecule has 0 unspecified atom stereocenters. The monoisotopic (exact) mass is 382 g/mol. The Morgan fingerprint density at radius 1 is 1.04 bits per heavy atom. The van der Waals surface area contributed by atoms with Crippen LogP contribution in [0.25, 0.3) is 0 Å². The van der Waals surface area contributed by atoms with Gasteiger partial charge in [-0.25, -0.2) is 0 Å². The van der Waals surface area contributed by atoms with Gasteiger partial charge in [0.05, 0.1) is 14.2 Å². The predicted octanol–water partition coefficient (Wildman–Crippen LogP) is 3.79. The predicted molar refractivity (Wildman–Crippen MR) is 109 cm³/mol. The fraction of sp³-hybridized carbons (Fsp3) is 0.364. The van der Waals surface area contributed by atoms with Gasteiger partial charge in [0.25, 0.3) is 0 Å². The number of ether oxygens (including phenoxy) is 2. The van der Waals surface area contributed by atoms with Crippen LogP contribution in [0.1, 0.15) is 31.7 Å². The highest BCUT2D eigenvalue weighted by Gasteiger charge is 2.31. The minimum atomic E-state index is -0.0619. The van der Waals surface area contributed by atoms with Crippen LogP contribution in [0, 0.1) is 0 Å². The third-order valence-corrected chi connectivity index (χ3v) is 4.77. The maximum Gasteiger partial charge on any atom is 0.224 e. The number of benzene rings is 2. The summed E-state index contributed by atoms with van der Waals surface area (Å²) in [7, 11) is 3.19. The van der Waals surface area contributed by atoms with E-state index in [-0.39, 0.29) is 11.8 Å². The van der Waals surface area contributed by atoms with E-state index in [1.807, 2.05) is 47.4 Å². The van der Waals surface area contributed by atoms with Crippen LogP contribution < -0.4 is 19.7 Å². The third kappa shape index (κ3) is 4.82. The van der Waals surface area contributed by atoms with E-state index in [9.17, 15) is 9.59 Å². The Balaban J connectivity index is 1.55. The number of aryl methyl sites for hydroxylation is 1. The lowest BCUT2D eigenvalue weighted by atomic mass is 10.1. The molecule has 0 aromatic heterocycles. The molecule has 2 aromatic rings. The van der Waals surface area contributed by atoms with Crippen LogP contribution >= 0.6 is 0 Å². The van der Waals surface area contributed by atoms with E-state index in [0.29, 0.717) is 30.4 Å². The summed E-state index contributed by atoms with van der Waals surface area (Å²) in [6, 6.07) is 13.4. The second-order valence-corrected chi connectivity index (χ2v) is 6.90.